The molecule has 1 unspecified atom stereocenters. The van der Waals surface area contributed by atoms with Crippen LogP contribution in [0.5, 0.6) is 0 Å². The van der Waals surface area contributed by atoms with Gasteiger partial charge in [0.1, 0.15) is 6.04 Å². The van der Waals surface area contributed by atoms with E-state index in [4.69, 9.17) is 0 Å². The van der Waals surface area contributed by atoms with E-state index in [0.29, 0.717) is 5.56 Å². The van der Waals surface area contributed by atoms with Crippen LogP contribution in [-0.4, -0.2) is 39.7 Å². The number of amides is 1. The SMILES string of the molecule is CC(C(=O)O)N(C(=O)CC(C)(C)CC(=O)c1ccccc1)C1CC1. The van der Waals surface area contributed by atoms with Crippen molar-refractivity contribution in [2.24, 2.45) is 5.41 Å². The molecule has 0 aliphatic heterocycles. The maximum atomic E-state index is 12.7. The van der Waals surface area contributed by atoms with Crippen molar-refractivity contribution in [3.63, 3.8) is 0 Å². The average Bonchev–Trinajstić information content (AvgIpc) is 3.31. The van der Waals surface area contributed by atoms with Crippen LogP contribution in [0.3, 0.4) is 0 Å². The standard InChI is InChI=1S/C19H25NO4/c1-13(18(23)24)20(15-9-10-15)17(22)12-19(2,3)11-16(21)14-7-5-4-6-8-14/h4-8,13,15H,9-12H2,1-3H3,(H,23,24). The summed E-state index contributed by atoms with van der Waals surface area (Å²) in [6, 6.07) is 8.22. The molecule has 1 fully saturated rings. The summed E-state index contributed by atoms with van der Waals surface area (Å²) in [5.74, 6) is -1.18. The Balaban J connectivity index is 2.03. The van der Waals surface area contributed by atoms with Crippen LogP contribution in [0.2, 0.25) is 0 Å². The number of carboxylic acid groups (broad SMARTS) is 1. The third kappa shape index (κ3) is 4.66. The lowest BCUT2D eigenvalue weighted by Gasteiger charge is -2.31. The number of nitrogens with zero attached hydrogens (tertiary/aromatic N) is 1. The van der Waals surface area contributed by atoms with Crippen molar-refractivity contribution in [2.45, 2.75) is 58.5 Å². The summed E-state index contributed by atoms with van der Waals surface area (Å²) in [7, 11) is 0. The summed E-state index contributed by atoms with van der Waals surface area (Å²) in [5, 5.41) is 9.22. The average molecular weight is 331 g/mol. The Hall–Kier alpha value is -2.17. The number of benzene rings is 1. The maximum Gasteiger partial charge on any atom is 0.326 e. The Kier molecular flexibility index (Phi) is 5.42. The number of ketones is 1. The normalized spacial score (nSPS) is 15.6. The van der Waals surface area contributed by atoms with E-state index in [0.717, 1.165) is 12.8 Å². The number of carbonyl (C=O) groups is 3. The molecule has 1 aromatic rings. The highest BCUT2D eigenvalue weighted by molar-refractivity contribution is 5.96. The first kappa shape index (κ1) is 18.2. The second-order valence-corrected chi connectivity index (χ2v) is 7.35. The van der Waals surface area contributed by atoms with Crippen molar-refractivity contribution in [1.29, 1.82) is 0 Å². The van der Waals surface area contributed by atoms with Crippen LogP contribution in [0.15, 0.2) is 30.3 Å². The van der Waals surface area contributed by atoms with Gasteiger partial charge in [-0.05, 0) is 25.2 Å². The van der Waals surface area contributed by atoms with Crippen molar-refractivity contribution in [1.82, 2.24) is 4.90 Å². The molecule has 0 aromatic heterocycles. The Morgan fingerprint density at radius 1 is 1.17 bits per heavy atom. The summed E-state index contributed by atoms with van der Waals surface area (Å²) in [5.41, 5.74) is 0.117. The first-order valence-corrected chi connectivity index (χ1v) is 8.33. The van der Waals surface area contributed by atoms with Crippen LogP contribution in [0.25, 0.3) is 0 Å². The smallest absolute Gasteiger partial charge is 0.326 e. The van der Waals surface area contributed by atoms with Gasteiger partial charge in [0.15, 0.2) is 5.78 Å². The first-order chi connectivity index (χ1) is 11.2. The summed E-state index contributed by atoms with van der Waals surface area (Å²) in [6.45, 7) is 5.30. The van der Waals surface area contributed by atoms with E-state index in [1.165, 1.54) is 4.90 Å². The maximum absolute atomic E-state index is 12.7. The van der Waals surface area contributed by atoms with Gasteiger partial charge in [0, 0.05) is 24.4 Å². The van der Waals surface area contributed by atoms with Crippen molar-refractivity contribution in [2.75, 3.05) is 0 Å². The van der Waals surface area contributed by atoms with Crippen LogP contribution in [0, 0.1) is 5.41 Å². The molecule has 130 valence electrons. The molecule has 1 aliphatic carbocycles. The molecule has 5 nitrogen and oxygen atoms in total. The molecular weight excluding hydrogens is 306 g/mol. The van der Waals surface area contributed by atoms with E-state index < -0.39 is 17.4 Å². The molecule has 24 heavy (non-hydrogen) atoms. The number of hydrogen-bond acceptors (Lipinski definition) is 3. The highest BCUT2D eigenvalue weighted by Crippen LogP contribution is 2.33. The summed E-state index contributed by atoms with van der Waals surface area (Å²) in [6.07, 6.45) is 2.13. The molecule has 0 saturated heterocycles. The first-order valence-electron chi connectivity index (χ1n) is 8.33. The molecular formula is C19H25NO4. The highest BCUT2D eigenvalue weighted by atomic mass is 16.4. The fraction of sp³-hybridized carbons (Fsp3) is 0.526. The second kappa shape index (κ2) is 7.16. The van der Waals surface area contributed by atoms with Gasteiger partial charge in [-0.1, -0.05) is 44.2 Å². The minimum Gasteiger partial charge on any atom is -0.480 e. The molecule has 0 heterocycles. The summed E-state index contributed by atoms with van der Waals surface area (Å²) in [4.78, 5) is 37.8. The van der Waals surface area contributed by atoms with Gasteiger partial charge in [-0.15, -0.1) is 0 Å². The molecule has 1 aromatic carbocycles. The summed E-state index contributed by atoms with van der Waals surface area (Å²) < 4.78 is 0. The number of aliphatic carboxylic acids is 1. The van der Waals surface area contributed by atoms with E-state index in [-0.39, 0.29) is 30.6 Å². The molecule has 1 saturated carbocycles. The molecule has 1 aliphatic rings. The van der Waals surface area contributed by atoms with E-state index in [9.17, 15) is 19.5 Å². The lowest BCUT2D eigenvalue weighted by molar-refractivity contribution is -0.150. The number of Topliss-reactive ketones (excluding diaryl/α,β-unsaturated/α-hetero) is 1. The topological polar surface area (TPSA) is 74.7 Å². The van der Waals surface area contributed by atoms with E-state index in [1.807, 2.05) is 32.0 Å². The monoisotopic (exact) mass is 331 g/mol. The van der Waals surface area contributed by atoms with Gasteiger partial charge in [0.05, 0.1) is 0 Å². The minimum absolute atomic E-state index is 0.00217. The summed E-state index contributed by atoms with van der Waals surface area (Å²) >= 11 is 0. The van der Waals surface area contributed by atoms with Crippen molar-refractivity contribution < 1.29 is 19.5 Å². The zero-order valence-electron chi connectivity index (χ0n) is 14.5. The number of rotatable bonds is 8. The molecule has 5 heteroatoms. The molecule has 1 atom stereocenters. The third-order valence-corrected chi connectivity index (χ3v) is 4.37. The number of carboxylic acids is 1. The molecule has 0 radical (unpaired) electrons. The third-order valence-electron chi connectivity index (χ3n) is 4.37. The quantitative estimate of drug-likeness (QED) is 0.743. The Morgan fingerprint density at radius 3 is 2.25 bits per heavy atom. The molecule has 1 N–H and O–H groups in total. The van der Waals surface area contributed by atoms with Crippen molar-refractivity contribution in [3.8, 4) is 0 Å². The van der Waals surface area contributed by atoms with Gasteiger partial charge >= 0.3 is 5.97 Å². The predicted octanol–water partition coefficient (Wildman–Crippen LogP) is 3.14. The van der Waals surface area contributed by atoms with Gasteiger partial charge in [0.2, 0.25) is 5.91 Å². The van der Waals surface area contributed by atoms with Crippen LogP contribution >= 0.6 is 0 Å². The van der Waals surface area contributed by atoms with Crippen LogP contribution in [0.4, 0.5) is 0 Å². The van der Waals surface area contributed by atoms with Gasteiger partial charge in [-0.2, -0.15) is 0 Å². The number of hydrogen-bond donors (Lipinski definition) is 1. The molecule has 1 amide bonds. The van der Waals surface area contributed by atoms with Gasteiger partial charge in [0.25, 0.3) is 0 Å². The van der Waals surface area contributed by atoms with Gasteiger partial charge < -0.3 is 10.0 Å². The van der Waals surface area contributed by atoms with Gasteiger partial charge in [-0.3, -0.25) is 9.59 Å². The molecule has 2 rings (SSSR count). The molecule has 0 bridgehead atoms. The van der Waals surface area contributed by atoms with Crippen LogP contribution in [0.1, 0.15) is 56.8 Å². The highest BCUT2D eigenvalue weighted by Gasteiger charge is 2.40. The number of carbonyl (C=O) groups excluding carboxylic acids is 2. The second-order valence-electron chi connectivity index (χ2n) is 7.35. The molecule has 0 spiro atoms. The van der Waals surface area contributed by atoms with Crippen molar-refractivity contribution in [3.05, 3.63) is 35.9 Å². The minimum atomic E-state index is -0.992. The zero-order chi connectivity index (χ0) is 17.9. The lowest BCUT2D eigenvalue weighted by Crippen LogP contribution is -2.46. The van der Waals surface area contributed by atoms with Crippen molar-refractivity contribution >= 4 is 17.7 Å². The Bertz CT molecular complexity index is 620. The fourth-order valence-electron chi connectivity index (χ4n) is 2.93. The van der Waals surface area contributed by atoms with E-state index >= 15 is 0 Å². The van der Waals surface area contributed by atoms with E-state index in [1.54, 1.807) is 19.1 Å². The fourth-order valence-corrected chi connectivity index (χ4v) is 2.93. The largest absolute Gasteiger partial charge is 0.480 e. The predicted molar refractivity (Wildman–Crippen MR) is 90.8 cm³/mol. The Labute approximate surface area is 142 Å². The van der Waals surface area contributed by atoms with E-state index in [2.05, 4.69) is 0 Å². The zero-order valence-corrected chi connectivity index (χ0v) is 14.5. The lowest BCUT2D eigenvalue weighted by atomic mass is 9.82. The van der Waals surface area contributed by atoms with Crippen LogP contribution in [-0.2, 0) is 9.59 Å². The van der Waals surface area contributed by atoms with Gasteiger partial charge in [-0.25, -0.2) is 4.79 Å². The van der Waals surface area contributed by atoms with Crippen LogP contribution < -0.4 is 0 Å². The Morgan fingerprint density at radius 2 is 1.75 bits per heavy atom.